The number of rotatable bonds is 8. The molecule has 0 amide bonds. The molecule has 0 aliphatic carbocycles. The number of non-ortho nitro benzene ring substituents is 2. The van der Waals surface area contributed by atoms with Crippen LogP contribution in [0.2, 0.25) is 0 Å². The number of aliphatic imine (C=N–C) groups is 2. The van der Waals surface area contributed by atoms with Crippen LogP contribution in [-0.2, 0) is 0 Å². The van der Waals surface area contributed by atoms with Gasteiger partial charge in [-0.1, -0.05) is 24.3 Å². The maximum atomic E-state index is 10.9. The average molecular weight is 518 g/mol. The molecule has 4 aromatic carbocycles. The summed E-state index contributed by atoms with van der Waals surface area (Å²) in [7, 11) is 0. The topological polar surface area (TPSA) is 150 Å². The van der Waals surface area contributed by atoms with Crippen molar-refractivity contribution >= 4 is 35.2 Å². The Labute approximate surface area is 221 Å². The van der Waals surface area contributed by atoms with E-state index in [-0.39, 0.29) is 11.4 Å². The minimum absolute atomic E-state index is 0.00402. The number of benzene rings is 4. The molecular weight excluding hydrogens is 500 g/mol. The molecule has 0 unspecified atom stereocenters. The van der Waals surface area contributed by atoms with Crippen molar-refractivity contribution in [1.82, 2.24) is 10.2 Å². The minimum Gasteiger partial charge on any atom is -0.416 e. The molecular formula is C28H18N6O5. The third-order valence-corrected chi connectivity index (χ3v) is 5.54. The molecule has 39 heavy (non-hydrogen) atoms. The van der Waals surface area contributed by atoms with E-state index in [0.29, 0.717) is 45.4 Å². The predicted octanol–water partition coefficient (Wildman–Crippen LogP) is 6.72. The lowest BCUT2D eigenvalue weighted by atomic mass is 10.2. The minimum atomic E-state index is -0.448. The molecule has 0 fully saturated rings. The van der Waals surface area contributed by atoms with Crippen molar-refractivity contribution in [3.63, 3.8) is 0 Å². The highest BCUT2D eigenvalue weighted by molar-refractivity contribution is 5.83. The molecule has 5 rings (SSSR count). The van der Waals surface area contributed by atoms with Crippen molar-refractivity contribution in [2.75, 3.05) is 0 Å². The van der Waals surface area contributed by atoms with Gasteiger partial charge in [0.15, 0.2) is 0 Å². The van der Waals surface area contributed by atoms with Crippen molar-refractivity contribution < 1.29 is 14.3 Å². The molecule has 0 radical (unpaired) electrons. The summed E-state index contributed by atoms with van der Waals surface area (Å²) in [6, 6.07) is 26.7. The zero-order chi connectivity index (χ0) is 27.2. The first-order valence-corrected chi connectivity index (χ1v) is 11.6. The largest absolute Gasteiger partial charge is 0.416 e. The molecule has 0 aliphatic heterocycles. The van der Waals surface area contributed by atoms with Gasteiger partial charge in [0.2, 0.25) is 11.8 Å². The lowest BCUT2D eigenvalue weighted by Gasteiger charge is -1.98. The highest BCUT2D eigenvalue weighted by atomic mass is 16.6. The monoisotopic (exact) mass is 518 g/mol. The van der Waals surface area contributed by atoms with Crippen LogP contribution in [-0.4, -0.2) is 32.5 Å². The lowest BCUT2D eigenvalue weighted by molar-refractivity contribution is -0.385. The molecule has 11 nitrogen and oxygen atoms in total. The summed E-state index contributed by atoms with van der Waals surface area (Å²) in [5.41, 5.74) is 3.99. The molecule has 0 saturated carbocycles. The van der Waals surface area contributed by atoms with Crippen LogP contribution in [0.25, 0.3) is 22.9 Å². The van der Waals surface area contributed by atoms with Crippen LogP contribution in [0.3, 0.4) is 0 Å². The Morgan fingerprint density at radius 1 is 0.615 bits per heavy atom. The molecule has 190 valence electrons. The SMILES string of the molecule is O=[N+]([O-])c1cccc(C=Nc2ccc(-c3nnc(-c4ccc(N=Cc5cccc([N+](=O)[O-])c5)cc4)o3)cc2)c1. The molecule has 0 spiro atoms. The fourth-order valence-corrected chi connectivity index (χ4v) is 3.57. The maximum absolute atomic E-state index is 10.9. The number of hydrogen-bond acceptors (Lipinski definition) is 9. The van der Waals surface area contributed by atoms with Crippen LogP contribution in [0, 0.1) is 20.2 Å². The van der Waals surface area contributed by atoms with E-state index in [4.69, 9.17) is 4.42 Å². The Hall–Kier alpha value is -5.84. The Morgan fingerprint density at radius 2 is 1.03 bits per heavy atom. The summed E-state index contributed by atoms with van der Waals surface area (Å²) < 4.78 is 5.84. The van der Waals surface area contributed by atoms with Gasteiger partial charge in [-0.2, -0.15) is 0 Å². The van der Waals surface area contributed by atoms with Gasteiger partial charge < -0.3 is 4.42 Å². The van der Waals surface area contributed by atoms with E-state index >= 15 is 0 Å². The molecule has 0 atom stereocenters. The van der Waals surface area contributed by atoms with Gasteiger partial charge in [-0.15, -0.1) is 10.2 Å². The lowest BCUT2D eigenvalue weighted by Crippen LogP contribution is -1.89. The van der Waals surface area contributed by atoms with Gasteiger partial charge >= 0.3 is 0 Å². The van der Waals surface area contributed by atoms with E-state index in [9.17, 15) is 20.2 Å². The van der Waals surface area contributed by atoms with Gasteiger partial charge in [-0.25, -0.2) is 0 Å². The normalized spacial score (nSPS) is 11.3. The van der Waals surface area contributed by atoms with Crippen LogP contribution in [0.1, 0.15) is 11.1 Å². The zero-order valence-electron chi connectivity index (χ0n) is 20.1. The first-order chi connectivity index (χ1) is 18.9. The number of nitrogens with zero attached hydrogens (tertiary/aromatic N) is 6. The molecule has 0 saturated heterocycles. The summed E-state index contributed by atoms with van der Waals surface area (Å²) in [5.74, 6) is 0.680. The highest BCUT2D eigenvalue weighted by Crippen LogP contribution is 2.27. The summed E-state index contributed by atoms with van der Waals surface area (Å²) >= 11 is 0. The quantitative estimate of drug-likeness (QED) is 0.126. The van der Waals surface area contributed by atoms with Crippen molar-refractivity contribution in [3.8, 4) is 22.9 Å². The number of nitro benzene ring substituents is 2. The number of aromatic nitrogens is 2. The van der Waals surface area contributed by atoms with Gasteiger partial charge in [0.05, 0.1) is 21.2 Å². The fraction of sp³-hybridized carbons (Fsp3) is 0. The number of nitro groups is 2. The van der Waals surface area contributed by atoms with E-state index in [1.807, 2.05) is 0 Å². The average Bonchev–Trinajstić information content (AvgIpc) is 3.46. The van der Waals surface area contributed by atoms with Gasteiger partial charge in [0.1, 0.15) is 0 Å². The second-order valence-electron chi connectivity index (χ2n) is 8.23. The second-order valence-corrected chi connectivity index (χ2v) is 8.23. The second kappa shape index (κ2) is 11.0. The molecule has 1 heterocycles. The predicted molar refractivity (Wildman–Crippen MR) is 146 cm³/mol. The van der Waals surface area contributed by atoms with Crippen LogP contribution < -0.4 is 0 Å². The van der Waals surface area contributed by atoms with Gasteiger partial charge in [0.25, 0.3) is 11.4 Å². The first kappa shape index (κ1) is 24.8. The van der Waals surface area contributed by atoms with Crippen LogP contribution in [0.4, 0.5) is 22.7 Å². The van der Waals surface area contributed by atoms with E-state index in [1.54, 1.807) is 85.2 Å². The molecule has 1 aromatic heterocycles. The maximum Gasteiger partial charge on any atom is 0.270 e. The Morgan fingerprint density at radius 3 is 1.41 bits per heavy atom. The van der Waals surface area contributed by atoms with Gasteiger partial charge in [-0.3, -0.25) is 30.2 Å². The van der Waals surface area contributed by atoms with Crippen molar-refractivity contribution in [2.24, 2.45) is 9.98 Å². The van der Waals surface area contributed by atoms with Crippen LogP contribution in [0.5, 0.6) is 0 Å². The Kier molecular flexibility index (Phi) is 7.04. The van der Waals surface area contributed by atoms with E-state index in [2.05, 4.69) is 20.2 Å². The summed E-state index contributed by atoms with van der Waals surface area (Å²) in [5, 5.41) is 30.1. The molecule has 5 aromatic rings. The fourth-order valence-electron chi connectivity index (χ4n) is 3.57. The standard InChI is InChI=1S/C28H18N6O5/c35-33(36)25-5-1-3-19(15-25)17-29-23-11-7-21(8-12-23)27-31-32-28(39-27)22-9-13-24(14-10-22)30-18-20-4-2-6-26(16-20)34(37)38/h1-18H. The van der Waals surface area contributed by atoms with E-state index in [1.165, 1.54) is 24.3 Å². The molecule has 0 bridgehead atoms. The van der Waals surface area contributed by atoms with Gasteiger partial charge in [0, 0.05) is 47.8 Å². The van der Waals surface area contributed by atoms with Gasteiger partial charge in [-0.05, 0) is 59.7 Å². The summed E-state index contributed by atoms with van der Waals surface area (Å²) in [6.45, 7) is 0. The smallest absolute Gasteiger partial charge is 0.270 e. The summed E-state index contributed by atoms with van der Waals surface area (Å²) in [4.78, 5) is 29.7. The van der Waals surface area contributed by atoms with Crippen LogP contribution in [0.15, 0.2) is 111 Å². The first-order valence-electron chi connectivity index (χ1n) is 11.6. The molecule has 0 N–H and O–H groups in total. The van der Waals surface area contributed by atoms with Crippen molar-refractivity contribution in [2.45, 2.75) is 0 Å². The number of hydrogen-bond donors (Lipinski definition) is 0. The summed E-state index contributed by atoms with van der Waals surface area (Å²) in [6.07, 6.45) is 3.12. The third kappa shape index (κ3) is 6.12. The Bertz CT molecular complexity index is 1580. The highest BCUT2D eigenvalue weighted by Gasteiger charge is 2.11. The zero-order valence-corrected chi connectivity index (χ0v) is 20.1. The Balaban J connectivity index is 1.25. The third-order valence-electron chi connectivity index (χ3n) is 5.54. The van der Waals surface area contributed by atoms with E-state index in [0.717, 1.165) is 0 Å². The molecule has 11 heteroatoms. The van der Waals surface area contributed by atoms with Crippen LogP contribution >= 0.6 is 0 Å². The molecule has 0 aliphatic rings. The van der Waals surface area contributed by atoms with E-state index < -0.39 is 9.85 Å². The van der Waals surface area contributed by atoms with Crippen molar-refractivity contribution in [3.05, 3.63) is 128 Å². The van der Waals surface area contributed by atoms with Crippen molar-refractivity contribution in [1.29, 1.82) is 0 Å².